The number of rotatable bonds is 5. The number of carboxylic acid groups (broad SMARTS) is 1. The first-order valence-corrected chi connectivity index (χ1v) is 5.64. The molecule has 0 aliphatic heterocycles. The molecule has 4 heteroatoms. The van der Waals surface area contributed by atoms with Crippen molar-refractivity contribution in [3.63, 3.8) is 0 Å². The molecule has 1 aromatic rings. The minimum Gasteiger partial charge on any atom is -0.478 e. The number of aryl methyl sites for hydroxylation is 1. The Kier molecular flexibility index (Phi) is 3.01. The molecular formula is C12H17NO3. The van der Waals surface area contributed by atoms with Crippen LogP contribution in [0.5, 0.6) is 0 Å². The number of carbonyl (C=O) groups is 1. The molecule has 4 nitrogen and oxygen atoms in total. The Morgan fingerprint density at radius 2 is 2.38 bits per heavy atom. The number of hydrogen-bond donors (Lipinski definition) is 2. The van der Waals surface area contributed by atoms with Crippen molar-refractivity contribution in [3.05, 3.63) is 23.2 Å². The molecule has 1 aliphatic rings. The van der Waals surface area contributed by atoms with Crippen molar-refractivity contribution in [3.8, 4) is 0 Å². The Morgan fingerprint density at radius 1 is 1.69 bits per heavy atom. The van der Waals surface area contributed by atoms with Crippen LogP contribution >= 0.6 is 0 Å². The van der Waals surface area contributed by atoms with Crippen LogP contribution in [-0.2, 0) is 6.54 Å². The van der Waals surface area contributed by atoms with E-state index in [1.165, 1.54) is 12.8 Å². The van der Waals surface area contributed by atoms with Gasteiger partial charge in [0.05, 0.1) is 6.54 Å². The molecule has 0 amide bonds. The van der Waals surface area contributed by atoms with E-state index in [4.69, 9.17) is 9.52 Å². The van der Waals surface area contributed by atoms with Gasteiger partial charge in [-0.2, -0.15) is 0 Å². The van der Waals surface area contributed by atoms with Crippen LogP contribution in [0.3, 0.4) is 0 Å². The van der Waals surface area contributed by atoms with Crippen molar-refractivity contribution in [2.75, 3.05) is 0 Å². The van der Waals surface area contributed by atoms with Gasteiger partial charge in [0.2, 0.25) is 0 Å². The molecule has 88 valence electrons. The molecule has 1 saturated carbocycles. The van der Waals surface area contributed by atoms with Crippen LogP contribution in [-0.4, -0.2) is 17.1 Å². The SMILES string of the molecule is Cc1oc(CNC(C)C2CC2)cc1C(=O)O. The Labute approximate surface area is 94.6 Å². The maximum Gasteiger partial charge on any atom is 0.339 e. The van der Waals surface area contributed by atoms with E-state index in [2.05, 4.69) is 12.2 Å². The van der Waals surface area contributed by atoms with Crippen LogP contribution in [0.2, 0.25) is 0 Å². The lowest BCUT2D eigenvalue weighted by atomic mass is 10.2. The Hall–Kier alpha value is -1.29. The highest BCUT2D eigenvalue weighted by Crippen LogP contribution is 2.32. The molecule has 1 fully saturated rings. The highest BCUT2D eigenvalue weighted by molar-refractivity contribution is 5.88. The van der Waals surface area contributed by atoms with Gasteiger partial charge in [-0.3, -0.25) is 0 Å². The third-order valence-corrected chi connectivity index (χ3v) is 3.13. The van der Waals surface area contributed by atoms with Gasteiger partial charge in [0, 0.05) is 6.04 Å². The first kappa shape index (κ1) is 11.2. The zero-order valence-corrected chi connectivity index (χ0v) is 9.62. The number of nitrogens with one attached hydrogen (secondary N) is 1. The second-order valence-electron chi connectivity index (χ2n) is 4.49. The maximum atomic E-state index is 10.8. The molecule has 2 rings (SSSR count). The van der Waals surface area contributed by atoms with E-state index < -0.39 is 5.97 Å². The van der Waals surface area contributed by atoms with E-state index >= 15 is 0 Å². The summed E-state index contributed by atoms with van der Waals surface area (Å²) in [5.41, 5.74) is 0.260. The fourth-order valence-electron chi connectivity index (χ4n) is 1.87. The lowest BCUT2D eigenvalue weighted by Crippen LogP contribution is -2.26. The standard InChI is InChI=1S/C12H17NO3/c1-7(9-3-4-9)13-6-10-5-11(12(14)15)8(2)16-10/h5,7,9,13H,3-4,6H2,1-2H3,(H,14,15). The Morgan fingerprint density at radius 3 is 2.88 bits per heavy atom. The van der Waals surface area contributed by atoms with Gasteiger partial charge in [-0.15, -0.1) is 0 Å². The van der Waals surface area contributed by atoms with Gasteiger partial charge in [-0.25, -0.2) is 4.79 Å². The van der Waals surface area contributed by atoms with Gasteiger partial charge in [0.15, 0.2) is 0 Å². The summed E-state index contributed by atoms with van der Waals surface area (Å²) < 4.78 is 5.38. The summed E-state index contributed by atoms with van der Waals surface area (Å²) in [7, 11) is 0. The Bertz CT molecular complexity index is 393. The number of aromatic carboxylic acids is 1. The molecule has 1 aromatic heterocycles. The molecule has 0 radical (unpaired) electrons. The van der Waals surface area contributed by atoms with Gasteiger partial charge in [0.1, 0.15) is 17.1 Å². The maximum absolute atomic E-state index is 10.8. The molecule has 16 heavy (non-hydrogen) atoms. The molecule has 0 spiro atoms. The van der Waals surface area contributed by atoms with Gasteiger partial charge in [0.25, 0.3) is 0 Å². The van der Waals surface area contributed by atoms with Crippen LogP contribution in [0.1, 0.15) is 41.6 Å². The fourth-order valence-corrected chi connectivity index (χ4v) is 1.87. The van der Waals surface area contributed by atoms with Gasteiger partial charge >= 0.3 is 5.97 Å². The van der Waals surface area contributed by atoms with E-state index in [9.17, 15) is 4.79 Å². The summed E-state index contributed by atoms with van der Waals surface area (Å²) in [4.78, 5) is 10.8. The summed E-state index contributed by atoms with van der Waals surface area (Å²) in [5, 5.41) is 12.2. The smallest absolute Gasteiger partial charge is 0.339 e. The third kappa shape index (κ3) is 2.44. The van der Waals surface area contributed by atoms with Crippen molar-refractivity contribution in [1.29, 1.82) is 0 Å². The molecule has 1 heterocycles. The van der Waals surface area contributed by atoms with Crippen molar-refractivity contribution >= 4 is 5.97 Å². The van der Waals surface area contributed by atoms with Crippen molar-refractivity contribution < 1.29 is 14.3 Å². The summed E-state index contributed by atoms with van der Waals surface area (Å²) in [6.07, 6.45) is 2.59. The summed E-state index contributed by atoms with van der Waals surface area (Å²) in [6.45, 7) is 4.44. The predicted molar refractivity (Wildman–Crippen MR) is 59.4 cm³/mol. The van der Waals surface area contributed by atoms with Crippen LogP contribution in [0.15, 0.2) is 10.5 Å². The average Bonchev–Trinajstić information content (AvgIpc) is 2.99. The highest BCUT2D eigenvalue weighted by atomic mass is 16.4. The topological polar surface area (TPSA) is 62.5 Å². The number of hydrogen-bond acceptors (Lipinski definition) is 3. The monoisotopic (exact) mass is 223 g/mol. The van der Waals surface area contributed by atoms with Crippen LogP contribution in [0.4, 0.5) is 0 Å². The lowest BCUT2D eigenvalue weighted by Gasteiger charge is -2.10. The van der Waals surface area contributed by atoms with E-state index in [-0.39, 0.29) is 5.56 Å². The minimum atomic E-state index is -0.928. The molecule has 0 saturated heterocycles. The summed E-state index contributed by atoms with van der Waals surface area (Å²) in [6, 6.07) is 2.09. The lowest BCUT2D eigenvalue weighted by molar-refractivity contribution is 0.0695. The first-order chi connectivity index (χ1) is 7.58. The highest BCUT2D eigenvalue weighted by Gasteiger charge is 2.27. The molecule has 0 aromatic carbocycles. The van der Waals surface area contributed by atoms with Crippen LogP contribution in [0, 0.1) is 12.8 Å². The van der Waals surface area contributed by atoms with Crippen molar-refractivity contribution in [2.45, 2.75) is 39.3 Å². The second-order valence-corrected chi connectivity index (χ2v) is 4.49. The van der Waals surface area contributed by atoms with E-state index in [0.29, 0.717) is 24.1 Å². The predicted octanol–water partition coefficient (Wildman–Crippen LogP) is 2.17. The molecule has 1 unspecified atom stereocenters. The largest absolute Gasteiger partial charge is 0.478 e. The fraction of sp³-hybridized carbons (Fsp3) is 0.583. The van der Waals surface area contributed by atoms with Crippen molar-refractivity contribution in [2.24, 2.45) is 5.92 Å². The van der Waals surface area contributed by atoms with Gasteiger partial charge in [-0.05, 0) is 38.7 Å². The zero-order chi connectivity index (χ0) is 11.7. The normalized spacial score (nSPS) is 17.4. The molecule has 1 aliphatic carbocycles. The quantitative estimate of drug-likeness (QED) is 0.803. The summed E-state index contributed by atoms with van der Waals surface area (Å²) in [5.74, 6) is 1.03. The minimum absolute atomic E-state index is 0.260. The molecule has 1 atom stereocenters. The molecule has 0 bridgehead atoms. The average molecular weight is 223 g/mol. The molecular weight excluding hydrogens is 206 g/mol. The number of furan rings is 1. The second kappa shape index (κ2) is 4.29. The van der Waals surface area contributed by atoms with E-state index in [0.717, 1.165) is 5.92 Å². The zero-order valence-electron chi connectivity index (χ0n) is 9.62. The Balaban J connectivity index is 1.93. The number of carboxylic acids is 1. The van der Waals surface area contributed by atoms with E-state index in [1.807, 2.05) is 0 Å². The van der Waals surface area contributed by atoms with Crippen LogP contribution < -0.4 is 5.32 Å². The van der Waals surface area contributed by atoms with Crippen molar-refractivity contribution in [1.82, 2.24) is 5.32 Å². The van der Waals surface area contributed by atoms with E-state index in [1.54, 1.807) is 13.0 Å². The van der Waals surface area contributed by atoms with Gasteiger partial charge < -0.3 is 14.8 Å². The molecule has 2 N–H and O–H groups in total. The van der Waals surface area contributed by atoms with Gasteiger partial charge in [-0.1, -0.05) is 0 Å². The third-order valence-electron chi connectivity index (χ3n) is 3.13. The summed E-state index contributed by atoms with van der Waals surface area (Å²) >= 11 is 0. The van der Waals surface area contributed by atoms with Crippen LogP contribution in [0.25, 0.3) is 0 Å². The first-order valence-electron chi connectivity index (χ1n) is 5.64.